The van der Waals surface area contributed by atoms with Gasteiger partial charge in [-0.05, 0) is 19.1 Å². The summed E-state index contributed by atoms with van der Waals surface area (Å²) >= 11 is 1.59. The molecule has 0 fully saturated rings. The smallest absolute Gasteiger partial charge is 0.152 e. The largest absolute Gasteiger partial charge is 0.339 e. The fourth-order valence-corrected chi connectivity index (χ4v) is 2.24. The van der Waals surface area contributed by atoms with Crippen LogP contribution < -0.4 is 5.32 Å². The molecule has 3 rings (SSSR count). The predicted molar refractivity (Wildman–Crippen MR) is 74.2 cm³/mol. The van der Waals surface area contributed by atoms with E-state index >= 15 is 0 Å². The summed E-state index contributed by atoms with van der Waals surface area (Å²) in [5.41, 5.74) is 3.20. The van der Waals surface area contributed by atoms with Gasteiger partial charge >= 0.3 is 0 Å². The van der Waals surface area contributed by atoms with Crippen LogP contribution in [0.1, 0.15) is 5.56 Å². The van der Waals surface area contributed by atoms with Crippen molar-refractivity contribution in [3.05, 3.63) is 47.5 Å². The number of nitrogens with one attached hydrogen (secondary N) is 2. The highest BCUT2D eigenvalue weighted by Gasteiger charge is 2.05. The van der Waals surface area contributed by atoms with Crippen LogP contribution in [0.3, 0.4) is 0 Å². The lowest BCUT2D eigenvalue weighted by Gasteiger charge is -2.01. The summed E-state index contributed by atoms with van der Waals surface area (Å²) < 4.78 is 0. The number of nitrogens with zero attached hydrogens (tertiary/aromatic N) is 2. The predicted octanol–water partition coefficient (Wildman–Crippen LogP) is 3.59. The van der Waals surface area contributed by atoms with Crippen molar-refractivity contribution < 1.29 is 0 Å². The van der Waals surface area contributed by atoms with Crippen molar-refractivity contribution in [2.24, 2.45) is 0 Å². The number of aromatic nitrogens is 3. The van der Waals surface area contributed by atoms with Crippen molar-refractivity contribution in [1.29, 1.82) is 0 Å². The molecule has 0 bridgehead atoms. The summed E-state index contributed by atoms with van der Waals surface area (Å²) in [4.78, 5) is 4.24. The van der Waals surface area contributed by atoms with Gasteiger partial charge in [0.05, 0.1) is 5.69 Å². The molecule has 0 radical (unpaired) electrons. The van der Waals surface area contributed by atoms with Gasteiger partial charge in [0.15, 0.2) is 5.82 Å². The molecule has 0 aliphatic heterocycles. The molecule has 1 aromatic carbocycles. The molecule has 5 heteroatoms. The van der Waals surface area contributed by atoms with Crippen LogP contribution in [0.25, 0.3) is 10.7 Å². The third-order valence-electron chi connectivity index (χ3n) is 2.56. The van der Waals surface area contributed by atoms with E-state index in [-0.39, 0.29) is 0 Å². The Hall–Kier alpha value is -2.14. The quantitative estimate of drug-likeness (QED) is 0.753. The number of hydrogen-bond donors (Lipinski definition) is 2. The highest BCUT2D eigenvalue weighted by Crippen LogP contribution is 2.23. The molecule has 18 heavy (non-hydrogen) atoms. The number of H-pyrrole nitrogens is 1. The second-order valence-corrected chi connectivity index (χ2v) is 4.89. The Morgan fingerprint density at radius 3 is 2.78 bits per heavy atom. The molecule has 90 valence electrons. The van der Waals surface area contributed by atoms with Crippen molar-refractivity contribution in [3.8, 4) is 10.7 Å². The maximum Gasteiger partial charge on any atom is 0.152 e. The third kappa shape index (κ3) is 2.26. The molecular formula is C13H12N4S. The molecule has 0 atom stereocenters. The Morgan fingerprint density at radius 2 is 2.06 bits per heavy atom. The van der Waals surface area contributed by atoms with Crippen molar-refractivity contribution in [2.75, 3.05) is 5.32 Å². The van der Waals surface area contributed by atoms with Crippen molar-refractivity contribution in [2.45, 2.75) is 6.92 Å². The lowest BCUT2D eigenvalue weighted by Crippen LogP contribution is -1.89. The third-order valence-corrected chi connectivity index (χ3v) is 3.37. The van der Waals surface area contributed by atoms with Gasteiger partial charge in [0, 0.05) is 23.3 Å². The topological polar surface area (TPSA) is 53.6 Å². The van der Waals surface area contributed by atoms with E-state index in [2.05, 4.69) is 39.6 Å². The zero-order valence-electron chi connectivity index (χ0n) is 9.84. The molecule has 0 saturated carbocycles. The first kappa shape index (κ1) is 11.0. The standard InChI is InChI=1S/C13H12N4S/c1-9-2-4-10(5-3-9)15-12-8-11(16-17-12)13-14-6-7-18-13/h2-8H,1H3,(H2,15,16,17). The Balaban J connectivity index is 1.80. The summed E-state index contributed by atoms with van der Waals surface area (Å²) in [6.45, 7) is 2.07. The number of hydrogen-bond acceptors (Lipinski definition) is 4. The molecule has 0 saturated heterocycles. The van der Waals surface area contributed by atoms with E-state index < -0.39 is 0 Å². The van der Waals surface area contributed by atoms with Crippen LogP contribution in [0, 0.1) is 6.92 Å². The molecule has 2 N–H and O–H groups in total. The first-order valence-electron chi connectivity index (χ1n) is 5.60. The zero-order valence-corrected chi connectivity index (χ0v) is 10.7. The first-order chi connectivity index (χ1) is 8.81. The lowest BCUT2D eigenvalue weighted by molar-refractivity contribution is 1.09. The second-order valence-electron chi connectivity index (χ2n) is 4.00. The number of benzene rings is 1. The summed E-state index contributed by atoms with van der Waals surface area (Å²) in [6, 6.07) is 10.2. The highest BCUT2D eigenvalue weighted by molar-refractivity contribution is 7.13. The van der Waals surface area contributed by atoms with E-state index in [4.69, 9.17) is 0 Å². The van der Waals surface area contributed by atoms with E-state index in [1.54, 1.807) is 17.5 Å². The van der Waals surface area contributed by atoms with Gasteiger partial charge in [0.25, 0.3) is 0 Å². The minimum absolute atomic E-state index is 0.795. The van der Waals surface area contributed by atoms with Crippen LogP contribution in [-0.2, 0) is 0 Å². The minimum Gasteiger partial charge on any atom is -0.339 e. The van der Waals surface area contributed by atoms with Gasteiger partial charge in [0.2, 0.25) is 0 Å². The SMILES string of the molecule is Cc1ccc(Nc2cc(-c3nccs3)[nH]n2)cc1. The molecule has 0 aliphatic carbocycles. The van der Waals surface area contributed by atoms with Crippen LogP contribution in [0.5, 0.6) is 0 Å². The van der Waals surface area contributed by atoms with Crippen LogP contribution in [0.15, 0.2) is 41.9 Å². The highest BCUT2D eigenvalue weighted by atomic mass is 32.1. The van der Waals surface area contributed by atoms with Gasteiger partial charge in [-0.1, -0.05) is 17.7 Å². The normalized spacial score (nSPS) is 10.5. The number of rotatable bonds is 3. The summed E-state index contributed by atoms with van der Waals surface area (Å²) in [5.74, 6) is 0.795. The van der Waals surface area contributed by atoms with E-state index in [1.807, 2.05) is 23.6 Å². The fourth-order valence-electron chi connectivity index (χ4n) is 1.64. The zero-order chi connectivity index (χ0) is 12.4. The van der Waals surface area contributed by atoms with Crippen LogP contribution in [-0.4, -0.2) is 15.2 Å². The molecule has 4 nitrogen and oxygen atoms in total. The molecule has 0 aliphatic rings. The summed E-state index contributed by atoms with van der Waals surface area (Å²) in [6.07, 6.45) is 1.79. The molecular weight excluding hydrogens is 244 g/mol. The van der Waals surface area contributed by atoms with E-state index in [1.165, 1.54) is 5.56 Å². The second kappa shape index (κ2) is 4.62. The van der Waals surface area contributed by atoms with Crippen molar-refractivity contribution in [3.63, 3.8) is 0 Å². The van der Waals surface area contributed by atoms with Gasteiger partial charge in [-0.15, -0.1) is 11.3 Å². The number of thiazole rings is 1. The van der Waals surface area contributed by atoms with Crippen LogP contribution in [0.2, 0.25) is 0 Å². The average molecular weight is 256 g/mol. The van der Waals surface area contributed by atoms with Crippen molar-refractivity contribution in [1.82, 2.24) is 15.2 Å². The van der Waals surface area contributed by atoms with Gasteiger partial charge in [-0.25, -0.2) is 4.98 Å². The Kier molecular flexibility index (Phi) is 2.82. The van der Waals surface area contributed by atoms with Crippen molar-refractivity contribution >= 4 is 22.8 Å². The summed E-state index contributed by atoms with van der Waals surface area (Å²) in [5, 5.41) is 13.3. The average Bonchev–Trinajstić information content (AvgIpc) is 3.02. The van der Waals surface area contributed by atoms with Gasteiger partial charge < -0.3 is 5.32 Å². The molecule has 3 aromatic rings. The lowest BCUT2D eigenvalue weighted by atomic mass is 10.2. The van der Waals surface area contributed by atoms with E-state index in [9.17, 15) is 0 Å². The molecule has 0 amide bonds. The van der Waals surface area contributed by atoms with Gasteiger partial charge in [-0.2, -0.15) is 5.10 Å². The van der Waals surface area contributed by atoms with E-state index in [0.717, 1.165) is 22.2 Å². The Bertz CT molecular complexity index is 625. The fraction of sp³-hybridized carbons (Fsp3) is 0.0769. The van der Waals surface area contributed by atoms with E-state index in [0.29, 0.717) is 0 Å². The Labute approximate surface area is 109 Å². The summed E-state index contributed by atoms with van der Waals surface area (Å²) in [7, 11) is 0. The Morgan fingerprint density at radius 1 is 1.22 bits per heavy atom. The number of anilines is 2. The monoisotopic (exact) mass is 256 g/mol. The molecule has 0 spiro atoms. The van der Waals surface area contributed by atoms with Gasteiger partial charge in [-0.3, -0.25) is 5.10 Å². The number of aromatic amines is 1. The molecule has 2 aromatic heterocycles. The minimum atomic E-state index is 0.795. The molecule has 0 unspecified atom stereocenters. The first-order valence-corrected chi connectivity index (χ1v) is 6.48. The van der Waals surface area contributed by atoms with Crippen LogP contribution >= 0.6 is 11.3 Å². The maximum absolute atomic E-state index is 4.24. The van der Waals surface area contributed by atoms with Gasteiger partial charge in [0.1, 0.15) is 5.01 Å². The molecule has 2 heterocycles. The van der Waals surface area contributed by atoms with Crippen LogP contribution in [0.4, 0.5) is 11.5 Å². The maximum atomic E-state index is 4.24. The number of aryl methyl sites for hydroxylation is 1.